The molecule has 0 amide bonds. The maximum atomic E-state index is 12.7. The zero-order valence-electron chi connectivity index (χ0n) is 11.5. The molecule has 3 rings (SSSR count). The van der Waals surface area contributed by atoms with Gasteiger partial charge in [-0.15, -0.1) is 0 Å². The number of pyridine rings is 1. The highest BCUT2D eigenvalue weighted by Crippen LogP contribution is 2.24. The summed E-state index contributed by atoms with van der Waals surface area (Å²) in [5.41, 5.74) is 7.01. The second-order valence-electron chi connectivity index (χ2n) is 4.76. The van der Waals surface area contributed by atoms with Gasteiger partial charge in [0.15, 0.2) is 5.03 Å². The van der Waals surface area contributed by atoms with Crippen LogP contribution in [0.15, 0.2) is 42.2 Å². The summed E-state index contributed by atoms with van der Waals surface area (Å²) in [6, 6.07) is 1.80. The third-order valence-electron chi connectivity index (χ3n) is 3.27. The summed E-state index contributed by atoms with van der Waals surface area (Å²) in [6.45, 7) is 0.449. The average molecular weight is 305 g/mol. The van der Waals surface area contributed by atoms with E-state index in [2.05, 4.69) is 9.97 Å². The van der Waals surface area contributed by atoms with Gasteiger partial charge in [-0.05, 0) is 24.6 Å². The molecule has 8 heteroatoms. The zero-order valence-corrected chi connectivity index (χ0v) is 12.3. The van der Waals surface area contributed by atoms with Crippen molar-refractivity contribution in [2.45, 2.75) is 11.4 Å². The van der Waals surface area contributed by atoms with E-state index in [1.54, 1.807) is 30.1 Å². The molecule has 0 radical (unpaired) electrons. The molecule has 0 aliphatic rings. The Morgan fingerprint density at radius 2 is 2.14 bits per heavy atom. The predicted octanol–water partition coefficient (Wildman–Crippen LogP) is 0.508. The summed E-state index contributed by atoms with van der Waals surface area (Å²) >= 11 is 0. The summed E-state index contributed by atoms with van der Waals surface area (Å²) < 4.78 is 28.2. The smallest absolute Gasteiger partial charge is 0.287 e. The molecule has 0 aliphatic carbocycles. The van der Waals surface area contributed by atoms with Gasteiger partial charge in [-0.2, -0.15) is 8.42 Å². The molecule has 3 aromatic rings. The fourth-order valence-corrected chi connectivity index (χ4v) is 3.64. The number of rotatable bonds is 4. The number of hydrogen-bond donors (Lipinski definition) is 1. The first-order valence-electron chi connectivity index (χ1n) is 6.41. The van der Waals surface area contributed by atoms with Gasteiger partial charge >= 0.3 is 0 Å². The number of nitrogens with zero attached hydrogens (tertiary/aromatic N) is 4. The van der Waals surface area contributed by atoms with E-state index in [9.17, 15) is 8.42 Å². The van der Waals surface area contributed by atoms with E-state index in [1.807, 2.05) is 0 Å². The summed E-state index contributed by atoms with van der Waals surface area (Å²) in [5.74, 6) is 0. The summed E-state index contributed by atoms with van der Waals surface area (Å²) in [5, 5.41) is 0.847. The Kier molecular flexibility index (Phi) is 3.26. The number of imidazole rings is 1. The van der Waals surface area contributed by atoms with Crippen molar-refractivity contribution in [2.75, 3.05) is 6.54 Å². The minimum atomic E-state index is -3.74. The van der Waals surface area contributed by atoms with E-state index in [-0.39, 0.29) is 5.03 Å². The SMILES string of the molecule is Cn1cnc(S(=O)(=O)n2cc(CCN)c3ccncc32)c1. The van der Waals surface area contributed by atoms with Gasteiger partial charge in [-0.1, -0.05) is 0 Å². The molecular formula is C13H15N5O2S. The van der Waals surface area contributed by atoms with Gasteiger partial charge in [0.25, 0.3) is 10.0 Å². The van der Waals surface area contributed by atoms with Gasteiger partial charge in [0, 0.05) is 31.0 Å². The van der Waals surface area contributed by atoms with Gasteiger partial charge in [-0.25, -0.2) is 8.96 Å². The van der Waals surface area contributed by atoms with E-state index in [1.165, 1.54) is 22.7 Å². The third-order valence-corrected chi connectivity index (χ3v) is 4.83. The fraction of sp³-hybridized carbons (Fsp3) is 0.231. The van der Waals surface area contributed by atoms with Crippen molar-refractivity contribution in [3.8, 4) is 0 Å². The molecule has 2 N–H and O–H groups in total. The Labute approximate surface area is 122 Å². The van der Waals surface area contributed by atoms with Crippen molar-refractivity contribution in [2.24, 2.45) is 12.8 Å². The molecular weight excluding hydrogens is 290 g/mol. The lowest BCUT2D eigenvalue weighted by Crippen LogP contribution is -2.12. The van der Waals surface area contributed by atoms with Crippen LogP contribution in [0.25, 0.3) is 10.9 Å². The molecule has 0 unspecified atom stereocenters. The van der Waals surface area contributed by atoms with Crippen molar-refractivity contribution >= 4 is 20.9 Å². The van der Waals surface area contributed by atoms with Gasteiger partial charge < -0.3 is 10.3 Å². The molecule has 3 aromatic heterocycles. The monoisotopic (exact) mass is 305 g/mol. The summed E-state index contributed by atoms with van der Waals surface area (Å²) in [4.78, 5) is 7.95. The van der Waals surface area contributed by atoms with Crippen molar-refractivity contribution < 1.29 is 8.42 Å². The van der Waals surface area contributed by atoms with Crippen LogP contribution in [0.2, 0.25) is 0 Å². The van der Waals surface area contributed by atoms with E-state index >= 15 is 0 Å². The standard InChI is InChI=1S/C13H15N5O2S/c1-17-8-13(16-9-17)21(19,20)18-7-10(2-4-14)11-3-5-15-6-12(11)18/h3,5-9H,2,4,14H2,1H3. The quantitative estimate of drug-likeness (QED) is 0.757. The number of aromatic nitrogens is 4. The first-order chi connectivity index (χ1) is 10.0. The number of fused-ring (bicyclic) bond motifs is 1. The Balaban J connectivity index is 2.25. The lowest BCUT2D eigenvalue weighted by atomic mass is 10.1. The molecule has 0 aliphatic heterocycles. The molecule has 0 saturated carbocycles. The first kappa shape index (κ1) is 13.8. The lowest BCUT2D eigenvalue weighted by Gasteiger charge is -2.03. The third kappa shape index (κ3) is 2.22. The average Bonchev–Trinajstić information content (AvgIpc) is 3.05. The van der Waals surface area contributed by atoms with E-state index in [0.29, 0.717) is 18.5 Å². The molecule has 21 heavy (non-hydrogen) atoms. The second-order valence-corrected chi connectivity index (χ2v) is 6.53. The van der Waals surface area contributed by atoms with Crippen LogP contribution in [0, 0.1) is 0 Å². The highest BCUT2D eigenvalue weighted by atomic mass is 32.2. The molecule has 0 fully saturated rings. The Morgan fingerprint density at radius 3 is 2.81 bits per heavy atom. The predicted molar refractivity (Wildman–Crippen MR) is 78.3 cm³/mol. The largest absolute Gasteiger partial charge is 0.339 e. The topological polar surface area (TPSA) is 95.8 Å². The lowest BCUT2D eigenvalue weighted by molar-refractivity contribution is 0.585. The Morgan fingerprint density at radius 1 is 1.33 bits per heavy atom. The fourth-order valence-electron chi connectivity index (χ4n) is 2.29. The van der Waals surface area contributed by atoms with Crippen LogP contribution in [-0.2, 0) is 23.5 Å². The number of nitrogens with two attached hydrogens (primary N) is 1. The number of hydrogen-bond acceptors (Lipinski definition) is 5. The van der Waals surface area contributed by atoms with E-state index < -0.39 is 10.0 Å². The maximum Gasteiger partial charge on any atom is 0.287 e. The van der Waals surface area contributed by atoms with Crippen LogP contribution < -0.4 is 5.73 Å². The van der Waals surface area contributed by atoms with Gasteiger partial charge in [0.1, 0.15) is 0 Å². The van der Waals surface area contributed by atoms with Crippen LogP contribution in [0.4, 0.5) is 0 Å². The van der Waals surface area contributed by atoms with Crippen molar-refractivity contribution in [3.63, 3.8) is 0 Å². The van der Waals surface area contributed by atoms with Crippen LogP contribution >= 0.6 is 0 Å². The molecule has 7 nitrogen and oxygen atoms in total. The van der Waals surface area contributed by atoms with Crippen LogP contribution in [0.1, 0.15) is 5.56 Å². The molecule has 0 atom stereocenters. The summed E-state index contributed by atoms with van der Waals surface area (Å²) in [6.07, 6.45) is 8.31. The molecule has 0 saturated heterocycles. The van der Waals surface area contributed by atoms with Gasteiger partial charge in [0.2, 0.25) is 0 Å². The molecule has 0 bridgehead atoms. The zero-order chi connectivity index (χ0) is 15.0. The number of aryl methyl sites for hydroxylation is 1. The molecule has 110 valence electrons. The van der Waals surface area contributed by atoms with E-state index in [0.717, 1.165) is 10.9 Å². The highest BCUT2D eigenvalue weighted by Gasteiger charge is 2.23. The van der Waals surface area contributed by atoms with Crippen LogP contribution in [0.5, 0.6) is 0 Å². The highest BCUT2D eigenvalue weighted by molar-refractivity contribution is 7.90. The van der Waals surface area contributed by atoms with Gasteiger partial charge in [0.05, 0.1) is 18.0 Å². The van der Waals surface area contributed by atoms with Gasteiger partial charge in [-0.3, -0.25) is 4.98 Å². The molecule has 3 heterocycles. The van der Waals surface area contributed by atoms with E-state index in [4.69, 9.17) is 5.73 Å². The first-order valence-corrected chi connectivity index (χ1v) is 7.85. The maximum absolute atomic E-state index is 12.7. The second kappa shape index (κ2) is 4.97. The summed E-state index contributed by atoms with van der Waals surface area (Å²) in [7, 11) is -2.01. The molecule has 0 spiro atoms. The minimum Gasteiger partial charge on any atom is -0.339 e. The normalized spacial score (nSPS) is 12.1. The molecule has 0 aromatic carbocycles. The van der Waals surface area contributed by atoms with Crippen molar-refractivity contribution in [1.82, 2.24) is 18.5 Å². The Bertz CT molecular complexity index is 894. The Hall–Kier alpha value is -2.19. The minimum absolute atomic E-state index is 0.00468. The van der Waals surface area contributed by atoms with Crippen molar-refractivity contribution in [1.29, 1.82) is 0 Å². The van der Waals surface area contributed by atoms with Crippen LogP contribution in [0.3, 0.4) is 0 Å². The van der Waals surface area contributed by atoms with Crippen molar-refractivity contribution in [3.05, 3.63) is 42.7 Å². The van der Waals surface area contributed by atoms with Crippen LogP contribution in [-0.4, -0.2) is 33.5 Å².